The Hall–Kier alpha value is -0.0400. The van der Waals surface area contributed by atoms with Crippen LogP contribution in [0.5, 0.6) is 0 Å². The van der Waals surface area contributed by atoms with Crippen LogP contribution < -0.4 is 0 Å². The molecule has 0 heterocycles. The lowest BCUT2D eigenvalue weighted by molar-refractivity contribution is 0.0941. The molecule has 0 aromatic rings. The molecule has 58 valence electrons. The topological polar surface area (TPSA) is 20.2 Å². The molecule has 2 saturated carbocycles. The highest BCUT2D eigenvalue weighted by Gasteiger charge is 2.48. The molecule has 1 nitrogen and oxygen atoms in total. The summed E-state index contributed by atoms with van der Waals surface area (Å²) in [6.07, 6.45) is 6.40. The summed E-state index contributed by atoms with van der Waals surface area (Å²) >= 11 is 0. The zero-order chi connectivity index (χ0) is 7.19. The van der Waals surface area contributed by atoms with Gasteiger partial charge in [0.05, 0.1) is 6.10 Å². The fraction of sp³-hybridized carbons (Fsp3) is 1.00. The molecule has 0 radical (unpaired) electrons. The molecule has 2 bridgehead atoms. The van der Waals surface area contributed by atoms with Crippen LogP contribution in [-0.4, -0.2) is 11.2 Å². The van der Waals surface area contributed by atoms with E-state index in [0.717, 1.165) is 6.42 Å². The minimum Gasteiger partial charge on any atom is -0.393 e. The van der Waals surface area contributed by atoms with Crippen LogP contribution >= 0.6 is 0 Å². The molecule has 0 aromatic heterocycles. The summed E-state index contributed by atoms with van der Waals surface area (Å²) in [7, 11) is 0. The van der Waals surface area contributed by atoms with Crippen molar-refractivity contribution < 1.29 is 5.11 Å². The molecule has 1 heteroatoms. The van der Waals surface area contributed by atoms with Gasteiger partial charge in [0.25, 0.3) is 0 Å². The quantitative estimate of drug-likeness (QED) is 0.590. The van der Waals surface area contributed by atoms with Crippen molar-refractivity contribution in [2.45, 2.75) is 45.1 Å². The predicted octanol–water partition coefficient (Wildman–Crippen LogP) is 1.95. The summed E-state index contributed by atoms with van der Waals surface area (Å²) in [5.41, 5.74) is 0.573. The zero-order valence-electron chi connectivity index (χ0n) is 6.64. The van der Waals surface area contributed by atoms with Crippen molar-refractivity contribution in [3.63, 3.8) is 0 Å². The highest BCUT2D eigenvalue weighted by atomic mass is 16.3. The maximum absolute atomic E-state index is 9.52. The Kier molecular flexibility index (Phi) is 1.31. The van der Waals surface area contributed by atoms with Gasteiger partial charge < -0.3 is 5.11 Å². The van der Waals surface area contributed by atoms with Crippen molar-refractivity contribution >= 4 is 0 Å². The normalized spacial score (nSPS) is 52.2. The smallest absolute Gasteiger partial charge is 0.0573 e. The minimum absolute atomic E-state index is 0.0497. The molecule has 0 aliphatic heterocycles. The van der Waals surface area contributed by atoms with Crippen LogP contribution in [0.25, 0.3) is 0 Å². The second kappa shape index (κ2) is 1.97. The maximum atomic E-state index is 9.52. The first-order chi connectivity index (χ1) is 4.76. The molecule has 0 unspecified atom stereocenters. The third-order valence-corrected chi connectivity index (χ3v) is 3.68. The Morgan fingerprint density at radius 2 is 2.30 bits per heavy atom. The molecular weight excluding hydrogens is 124 g/mol. The summed E-state index contributed by atoms with van der Waals surface area (Å²) in [5.74, 6) is 0.667. The first-order valence-corrected chi connectivity index (χ1v) is 4.44. The van der Waals surface area contributed by atoms with Crippen LogP contribution in [0.15, 0.2) is 0 Å². The number of hydrogen-bond acceptors (Lipinski definition) is 1. The number of rotatable bonds is 1. The molecule has 2 aliphatic carbocycles. The van der Waals surface area contributed by atoms with Gasteiger partial charge in [-0.05, 0) is 37.0 Å². The number of aliphatic hydroxyl groups is 1. The fourth-order valence-electron chi connectivity index (χ4n) is 2.84. The van der Waals surface area contributed by atoms with E-state index in [0.29, 0.717) is 11.3 Å². The Balaban J connectivity index is 2.14. The Morgan fingerprint density at radius 1 is 1.50 bits per heavy atom. The molecule has 0 saturated heterocycles. The molecule has 2 rings (SSSR count). The van der Waals surface area contributed by atoms with Gasteiger partial charge in [-0.25, -0.2) is 0 Å². The van der Waals surface area contributed by atoms with Gasteiger partial charge in [0.15, 0.2) is 0 Å². The average Bonchev–Trinajstić information content (AvgIpc) is 2.45. The monoisotopic (exact) mass is 140 g/mol. The third-order valence-electron chi connectivity index (χ3n) is 3.68. The number of aliphatic hydroxyl groups excluding tert-OH is 1. The maximum Gasteiger partial charge on any atom is 0.0573 e. The second-order valence-electron chi connectivity index (χ2n) is 4.13. The van der Waals surface area contributed by atoms with E-state index in [1.807, 2.05) is 0 Å². The molecule has 1 N–H and O–H groups in total. The molecule has 0 amide bonds. The van der Waals surface area contributed by atoms with Crippen LogP contribution in [0.4, 0.5) is 0 Å². The summed E-state index contributed by atoms with van der Waals surface area (Å²) < 4.78 is 0. The molecule has 2 aliphatic rings. The van der Waals surface area contributed by atoms with Crippen LogP contribution in [0.3, 0.4) is 0 Å². The Bertz CT molecular complexity index is 140. The first kappa shape index (κ1) is 6.66. The van der Waals surface area contributed by atoms with E-state index in [1.165, 1.54) is 25.7 Å². The first-order valence-electron chi connectivity index (χ1n) is 4.44. The van der Waals surface area contributed by atoms with E-state index in [2.05, 4.69) is 6.92 Å². The second-order valence-corrected chi connectivity index (χ2v) is 4.13. The average molecular weight is 140 g/mol. The molecular formula is C9H16O. The number of fused-ring (bicyclic) bond motifs is 2. The molecule has 10 heavy (non-hydrogen) atoms. The van der Waals surface area contributed by atoms with Gasteiger partial charge in [-0.3, -0.25) is 0 Å². The van der Waals surface area contributed by atoms with Gasteiger partial charge in [0, 0.05) is 0 Å². The van der Waals surface area contributed by atoms with Crippen LogP contribution in [0.2, 0.25) is 0 Å². The third kappa shape index (κ3) is 0.731. The lowest BCUT2D eigenvalue weighted by atomic mass is 9.81. The van der Waals surface area contributed by atoms with Gasteiger partial charge >= 0.3 is 0 Å². The van der Waals surface area contributed by atoms with Gasteiger partial charge in [0.2, 0.25) is 0 Å². The fourth-order valence-corrected chi connectivity index (χ4v) is 2.84. The van der Waals surface area contributed by atoms with Crippen molar-refractivity contribution in [1.29, 1.82) is 0 Å². The lowest BCUT2D eigenvalue weighted by Crippen LogP contribution is -2.20. The standard InChI is InChI=1S/C9H16O/c1-2-9-4-3-7(5-9)8(10)6-9/h7-8,10H,2-6H2,1H3/t7-,8-,9+/m1/s1. The molecule has 0 spiro atoms. The van der Waals surface area contributed by atoms with Crippen molar-refractivity contribution in [1.82, 2.24) is 0 Å². The SMILES string of the molecule is CC[C@]12CC[C@H](C1)[C@H](O)C2. The van der Waals surface area contributed by atoms with E-state index in [4.69, 9.17) is 0 Å². The Labute approximate surface area is 62.4 Å². The van der Waals surface area contributed by atoms with Gasteiger partial charge in [-0.2, -0.15) is 0 Å². The van der Waals surface area contributed by atoms with Crippen LogP contribution in [0.1, 0.15) is 39.0 Å². The predicted molar refractivity (Wildman–Crippen MR) is 40.7 cm³/mol. The zero-order valence-corrected chi connectivity index (χ0v) is 6.64. The Morgan fingerprint density at radius 3 is 2.60 bits per heavy atom. The van der Waals surface area contributed by atoms with E-state index < -0.39 is 0 Å². The van der Waals surface area contributed by atoms with Gasteiger partial charge in [-0.15, -0.1) is 0 Å². The van der Waals surface area contributed by atoms with Gasteiger partial charge in [0.1, 0.15) is 0 Å². The highest BCUT2D eigenvalue weighted by molar-refractivity contribution is 4.99. The van der Waals surface area contributed by atoms with Crippen LogP contribution in [0, 0.1) is 11.3 Å². The van der Waals surface area contributed by atoms with Crippen molar-refractivity contribution in [3.8, 4) is 0 Å². The van der Waals surface area contributed by atoms with E-state index in [9.17, 15) is 5.11 Å². The molecule has 0 aromatic carbocycles. The molecule has 3 atom stereocenters. The van der Waals surface area contributed by atoms with E-state index >= 15 is 0 Å². The minimum atomic E-state index is 0.0497. The molecule has 2 fully saturated rings. The lowest BCUT2D eigenvalue weighted by Gasteiger charge is -2.26. The largest absolute Gasteiger partial charge is 0.393 e. The van der Waals surface area contributed by atoms with E-state index in [-0.39, 0.29) is 6.10 Å². The van der Waals surface area contributed by atoms with Crippen LogP contribution in [-0.2, 0) is 0 Å². The summed E-state index contributed by atoms with van der Waals surface area (Å²) in [6.45, 7) is 2.26. The summed E-state index contributed by atoms with van der Waals surface area (Å²) in [5, 5.41) is 9.52. The van der Waals surface area contributed by atoms with E-state index in [1.54, 1.807) is 0 Å². The summed E-state index contributed by atoms with van der Waals surface area (Å²) in [4.78, 5) is 0. The van der Waals surface area contributed by atoms with Crippen molar-refractivity contribution in [3.05, 3.63) is 0 Å². The summed E-state index contributed by atoms with van der Waals surface area (Å²) in [6, 6.07) is 0. The highest BCUT2D eigenvalue weighted by Crippen LogP contribution is 2.55. The van der Waals surface area contributed by atoms with Crippen molar-refractivity contribution in [2.75, 3.05) is 0 Å². The van der Waals surface area contributed by atoms with Crippen molar-refractivity contribution in [2.24, 2.45) is 11.3 Å². The van der Waals surface area contributed by atoms with Gasteiger partial charge in [-0.1, -0.05) is 13.3 Å². The number of hydrogen-bond donors (Lipinski definition) is 1.